The van der Waals surface area contributed by atoms with Crippen molar-refractivity contribution in [2.75, 3.05) is 11.9 Å². The molecule has 0 aromatic heterocycles. The van der Waals surface area contributed by atoms with Crippen LogP contribution in [0.1, 0.15) is 50.7 Å². The highest BCUT2D eigenvalue weighted by Gasteiger charge is 2.42. The molecule has 1 saturated carbocycles. The molecule has 7 heteroatoms. The molecule has 3 aromatic rings. The molecule has 5 rings (SSSR count). The van der Waals surface area contributed by atoms with E-state index in [4.69, 9.17) is 9.47 Å². The fourth-order valence-corrected chi connectivity index (χ4v) is 6.52. The molecular formula is C32H35FN2O3S. The van der Waals surface area contributed by atoms with E-state index >= 15 is 0 Å². The lowest BCUT2D eigenvalue weighted by molar-refractivity contribution is -0.129. The summed E-state index contributed by atoms with van der Waals surface area (Å²) < 4.78 is 25.4. The summed E-state index contributed by atoms with van der Waals surface area (Å²) >= 11 is 1.56. The van der Waals surface area contributed by atoms with E-state index in [1.54, 1.807) is 17.8 Å². The Bertz CT molecular complexity index is 1320. The maximum Gasteiger partial charge on any atom is 0.262 e. The van der Waals surface area contributed by atoms with Crippen molar-refractivity contribution in [1.82, 2.24) is 4.90 Å². The number of nitrogens with one attached hydrogen (secondary N) is 1. The van der Waals surface area contributed by atoms with Crippen molar-refractivity contribution in [3.8, 4) is 11.5 Å². The van der Waals surface area contributed by atoms with Crippen molar-refractivity contribution < 1.29 is 18.7 Å². The van der Waals surface area contributed by atoms with Gasteiger partial charge in [-0.25, -0.2) is 4.39 Å². The van der Waals surface area contributed by atoms with Crippen LogP contribution in [0.4, 0.5) is 10.1 Å². The topological polar surface area (TPSA) is 50.8 Å². The Hall–Kier alpha value is -3.45. The third-order valence-electron chi connectivity index (χ3n) is 7.27. The molecule has 0 radical (unpaired) electrons. The van der Waals surface area contributed by atoms with E-state index in [-0.39, 0.29) is 29.9 Å². The van der Waals surface area contributed by atoms with E-state index in [0.717, 1.165) is 36.1 Å². The largest absolute Gasteiger partial charge is 0.490 e. The smallest absolute Gasteiger partial charge is 0.262 e. The molecule has 1 aliphatic carbocycles. The second-order valence-corrected chi connectivity index (χ2v) is 11.2. The van der Waals surface area contributed by atoms with E-state index in [1.807, 2.05) is 67.6 Å². The van der Waals surface area contributed by atoms with Crippen molar-refractivity contribution in [1.29, 1.82) is 0 Å². The zero-order valence-electron chi connectivity index (χ0n) is 22.4. The summed E-state index contributed by atoms with van der Waals surface area (Å²) in [7, 11) is 0. The molecule has 1 saturated heterocycles. The molecule has 3 aromatic carbocycles. The number of hydrogen-bond acceptors (Lipinski definition) is 5. The Labute approximate surface area is 234 Å². The number of rotatable bonds is 9. The number of ether oxygens (including phenoxy) is 2. The van der Waals surface area contributed by atoms with Crippen LogP contribution in [0, 0.1) is 11.7 Å². The molecule has 1 heterocycles. The molecule has 2 fully saturated rings. The van der Waals surface area contributed by atoms with Crippen LogP contribution >= 0.6 is 11.8 Å². The van der Waals surface area contributed by atoms with Crippen LogP contribution in [0.5, 0.6) is 11.5 Å². The van der Waals surface area contributed by atoms with Gasteiger partial charge in [-0.2, -0.15) is 0 Å². The Morgan fingerprint density at radius 1 is 1.00 bits per heavy atom. The number of halogens is 1. The second-order valence-electron chi connectivity index (χ2n) is 10.1. The van der Waals surface area contributed by atoms with Gasteiger partial charge in [-0.05, 0) is 79.3 Å². The summed E-state index contributed by atoms with van der Waals surface area (Å²) in [6.07, 6.45) is 6.49. The van der Waals surface area contributed by atoms with Crippen LogP contribution < -0.4 is 14.8 Å². The van der Waals surface area contributed by atoms with Crippen LogP contribution in [-0.4, -0.2) is 29.0 Å². The maximum atomic E-state index is 13.8. The first-order chi connectivity index (χ1) is 19.0. The van der Waals surface area contributed by atoms with Crippen LogP contribution in [0.15, 0.2) is 77.7 Å². The van der Waals surface area contributed by atoms with Crippen molar-refractivity contribution in [2.24, 2.45) is 5.92 Å². The minimum atomic E-state index is -0.293. The number of carbonyl (C=O) groups is 1. The van der Waals surface area contributed by atoms with Gasteiger partial charge in [-0.3, -0.25) is 4.79 Å². The number of anilines is 1. The van der Waals surface area contributed by atoms with Gasteiger partial charge in [-0.15, -0.1) is 0 Å². The van der Waals surface area contributed by atoms with Gasteiger partial charge in [0.2, 0.25) is 0 Å². The fraction of sp³-hybridized carbons (Fsp3) is 0.344. The molecule has 2 aliphatic rings. The van der Waals surface area contributed by atoms with Crippen LogP contribution in [0.2, 0.25) is 0 Å². The Morgan fingerprint density at radius 2 is 1.82 bits per heavy atom. The summed E-state index contributed by atoms with van der Waals surface area (Å²) in [6, 6.07) is 22.3. The van der Waals surface area contributed by atoms with Crippen molar-refractivity contribution in [2.45, 2.75) is 57.7 Å². The number of carbonyl (C=O) groups excluding carboxylic acids is 1. The first-order valence-electron chi connectivity index (χ1n) is 13.7. The van der Waals surface area contributed by atoms with Gasteiger partial charge in [0.25, 0.3) is 5.91 Å². The van der Waals surface area contributed by atoms with Gasteiger partial charge >= 0.3 is 0 Å². The highest BCUT2D eigenvalue weighted by atomic mass is 32.2. The van der Waals surface area contributed by atoms with Gasteiger partial charge in [0, 0.05) is 11.7 Å². The first kappa shape index (κ1) is 27.1. The number of hydrogen-bond donors (Lipinski definition) is 1. The predicted octanol–water partition coefficient (Wildman–Crippen LogP) is 7.69. The fourth-order valence-electron chi connectivity index (χ4n) is 5.31. The number of thioether (sulfide) groups is 1. The third kappa shape index (κ3) is 6.59. The first-order valence-corrected chi connectivity index (χ1v) is 14.6. The third-order valence-corrected chi connectivity index (χ3v) is 8.39. The van der Waals surface area contributed by atoms with Gasteiger partial charge in [0.05, 0.1) is 11.5 Å². The molecule has 3 atom stereocenters. The minimum Gasteiger partial charge on any atom is -0.490 e. The average Bonchev–Trinajstić information content (AvgIpc) is 3.23. The van der Waals surface area contributed by atoms with Crippen molar-refractivity contribution in [3.63, 3.8) is 0 Å². The summed E-state index contributed by atoms with van der Waals surface area (Å²) in [5, 5.41) is 3.59. The SMILES string of the molecule is CCOc1cc(/C=C2\SC(Nc3ccccc3)N([C@H]3CCCC[C@H]3C)C2=O)ccc1OCc1cccc(F)c1. The number of para-hydroxylation sites is 1. The predicted molar refractivity (Wildman–Crippen MR) is 156 cm³/mol. The van der Waals surface area contributed by atoms with E-state index in [2.05, 4.69) is 17.1 Å². The zero-order chi connectivity index (χ0) is 27.2. The maximum absolute atomic E-state index is 13.8. The summed E-state index contributed by atoms with van der Waals surface area (Å²) in [5.74, 6) is 1.40. The minimum absolute atomic E-state index is 0.0663. The molecule has 1 unspecified atom stereocenters. The zero-order valence-corrected chi connectivity index (χ0v) is 23.3. The molecule has 0 bridgehead atoms. The van der Waals surface area contributed by atoms with Crippen molar-refractivity contribution in [3.05, 3.63) is 94.6 Å². The normalized spacial score (nSPS) is 22.2. The van der Waals surface area contributed by atoms with Crippen molar-refractivity contribution >= 4 is 29.4 Å². The molecule has 39 heavy (non-hydrogen) atoms. The summed E-state index contributed by atoms with van der Waals surface area (Å²) in [6.45, 7) is 4.88. The average molecular weight is 547 g/mol. The Balaban J connectivity index is 1.39. The highest BCUT2D eigenvalue weighted by molar-refractivity contribution is 8.05. The lowest BCUT2D eigenvalue weighted by atomic mass is 9.85. The standard InChI is InChI=1S/C32H35FN2O3S/c1-3-37-29-19-23(16-17-28(29)38-21-24-11-9-12-25(33)18-24)20-30-31(36)35(27-15-8-7-10-22(27)2)32(39-30)34-26-13-5-4-6-14-26/h4-6,9,11-14,16-20,22,27,32,34H,3,7-8,10,15,21H2,1-2H3/b30-20-/t22-,27+,32?/m1/s1. The Morgan fingerprint density at radius 3 is 2.59 bits per heavy atom. The second kappa shape index (κ2) is 12.6. The molecule has 1 N–H and O–H groups in total. The van der Waals surface area contributed by atoms with E-state index in [1.165, 1.54) is 18.6 Å². The monoisotopic (exact) mass is 546 g/mol. The van der Waals surface area contributed by atoms with Gasteiger partial charge < -0.3 is 19.7 Å². The summed E-state index contributed by atoms with van der Waals surface area (Å²) in [4.78, 5) is 16.6. The van der Waals surface area contributed by atoms with Crippen LogP contribution in [0.3, 0.4) is 0 Å². The number of amides is 1. The molecule has 5 nitrogen and oxygen atoms in total. The lowest BCUT2D eigenvalue weighted by Gasteiger charge is -2.39. The van der Waals surface area contributed by atoms with Gasteiger partial charge in [-0.1, -0.05) is 67.9 Å². The van der Waals surface area contributed by atoms with Gasteiger partial charge in [0.1, 0.15) is 12.4 Å². The van der Waals surface area contributed by atoms with Gasteiger partial charge in [0.15, 0.2) is 17.0 Å². The lowest BCUT2D eigenvalue weighted by Crippen LogP contribution is -2.48. The van der Waals surface area contributed by atoms with E-state index in [0.29, 0.717) is 28.9 Å². The van der Waals surface area contributed by atoms with E-state index in [9.17, 15) is 9.18 Å². The number of nitrogens with zero attached hydrogens (tertiary/aromatic N) is 1. The number of benzene rings is 3. The van der Waals surface area contributed by atoms with Crippen LogP contribution in [0.25, 0.3) is 6.08 Å². The highest BCUT2D eigenvalue weighted by Crippen LogP contribution is 2.42. The Kier molecular flexibility index (Phi) is 8.77. The molecule has 0 spiro atoms. The molecule has 1 amide bonds. The molecule has 204 valence electrons. The van der Waals surface area contributed by atoms with E-state index < -0.39 is 0 Å². The molecular weight excluding hydrogens is 511 g/mol. The quantitative estimate of drug-likeness (QED) is 0.279. The summed E-state index contributed by atoms with van der Waals surface area (Å²) in [5.41, 5.74) is 2.43. The molecule has 1 aliphatic heterocycles. The van der Waals surface area contributed by atoms with Crippen LogP contribution in [-0.2, 0) is 11.4 Å².